The van der Waals surface area contributed by atoms with E-state index in [1.165, 1.54) is 30.3 Å². The van der Waals surface area contributed by atoms with Crippen LogP contribution in [0.2, 0.25) is 0 Å². The van der Waals surface area contributed by atoms with Crippen LogP contribution in [0.4, 0.5) is 13.6 Å². The number of hydrogen-bond donors (Lipinski definition) is 1. The van der Waals surface area contributed by atoms with E-state index in [4.69, 9.17) is 4.74 Å². The first kappa shape index (κ1) is 20.4. The zero-order chi connectivity index (χ0) is 21.3. The first-order valence-electron chi connectivity index (χ1n) is 9.03. The largest absolute Gasteiger partial charge is 0.444 e. The van der Waals surface area contributed by atoms with E-state index in [9.17, 15) is 18.4 Å². The fourth-order valence-corrected chi connectivity index (χ4v) is 2.88. The normalized spacial score (nSPS) is 12.6. The van der Waals surface area contributed by atoms with Gasteiger partial charge in [-0.25, -0.2) is 18.6 Å². The van der Waals surface area contributed by atoms with Gasteiger partial charge in [-0.2, -0.15) is 0 Å². The van der Waals surface area contributed by atoms with Crippen molar-refractivity contribution >= 4 is 17.0 Å². The Morgan fingerprint density at radius 1 is 1.14 bits per heavy atom. The molecular formula is C21H21F2N3O3. The van der Waals surface area contributed by atoms with Crippen LogP contribution in [0.15, 0.2) is 47.3 Å². The molecule has 3 rings (SSSR count). The van der Waals surface area contributed by atoms with Crippen molar-refractivity contribution in [2.45, 2.75) is 39.3 Å². The van der Waals surface area contributed by atoms with E-state index in [-0.39, 0.29) is 22.4 Å². The molecule has 0 unspecified atom stereocenters. The highest BCUT2D eigenvalue weighted by molar-refractivity contribution is 5.78. The number of benzene rings is 2. The summed E-state index contributed by atoms with van der Waals surface area (Å²) in [5, 5.41) is 2.67. The van der Waals surface area contributed by atoms with Gasteiger partial charge in [-0.1, -0.05) is 6.07 Å². The monoisotopic (exact) mass is 401 g/mol. The highest BCUT2D eigenvalue weighted by Crippen LogP contribution is 2.20. The Morgan fingerprint density at radius 3 is 2.48 bits per heavy atom. The molecule has 0 aliphatic carbocycles. The zero-order valence-corrected chi connectivity index (χ0v) is 16.5. The zero-order valence-electron chi connectivity index (χ0n) is 16.5. The van der Waals surface area contributed by atoms with E-state index in [1.807, 2.05) is 0 Å². The Balaban J connectivity index is 2.17. The summed E-state index contributed by atoms with van der Waals surface area (Å²) in [5.74, 6) is -0.979. The summed E-state index contributed by atoms with van der Waals surface area (Å²) in [6.45, 7) is 6.80. The Kier molecular flexibility index (Phi) is 5.37. The van der Waals surface area contributed by atoms with Crippen molar-refractivity contribution in [3.05, 3.63) is 70.3 Å². The molecule has 1 heterocycles. The van der Waals surface area contributed by atoms with Gasteiger partial charge < -0.3 is 10.1 Å². The van der Waals surface area contributed by atoms with Crippen LogP contribution in [0, 0.1) is 11.6 Å². The molecule has 8 heteroatoms. The summed E-state index contributed by atoms with van der Waals surface area (Å²) in [7, 11) is 0. The summed E-state index contributed by atoms with van der Waals surface area (Å²) < 4.78 is 33.9. The number of carbonyl (C=O) groups excluding carboxylic acids is 1. The number of rotatable bonds is 3. The number of carbonyl (C=O) groups is 1. The molecule has 0 aliphatic heterocycles. The van der Waals surface area contributed by atoms with Crippen LogP contribution in [0.5, 0.6) is 0 Å². The van der Waals surface area contributed by atoms with Crippen molar-refractivity contribution in [2.24, 2.45) is 0 Å². The number of halogens is 2. The number of alkyl carbamates (subject to hydrolysis) is 1. The Bertz CT molecular complexity index is 1140. The third-order valence-corrected chi connectivity index (χ3v) is 4.04. The van der Waals surface area contributed by atoms with Crippen LogP contribution in [-0.4, -0.2) is 21.2 Å². The number of nitrogens with zero attached hydrogens (tertiary/aromatic N) is 2. The van der Waals surface area contributed by atoms with E-state index in [0.29, 0.717) is 0 Å². The molecule has 0 aliphatic rings. The quantitative estimate of drug-likeness (QED) is 0.712. The number of fused-ring (bicyclic) bond motifs is 1. The van der Waals surface area contributed by atoms with Gasteiger partial charge in [0.25, 0.3) is 5.56 Å². The SMILES string of the molecule is C[C@H](NC(=O)OC(C)(C)C)c1nc2ccc(F)cc2c(=O)n1-c1cccc(F)c1. The predicted molar refractivity (Wildman–Crippen MR) is 105 cm³/mol. The molecular weight excluding hydrogens is 380 g/mol. The summed E-state index contributed by atoms with van der Waals surface area (Å²) in [6, 6.07) is 8.28. The second-order valence-corrected chi connectivity index (χ2v) is 7.62. The first-order chi connectivity index (χ1) is 13.5. The topological polar surface area (TPSA) is 73.2 Å². The van der Waals surface area contributed by atoms with Crippen LogP contribution >= 0.6 is 0 Å². The molecule has 152 valence electrons. The molecule has 1 aromatic heterocycles. The minimum atomic E-state index is -0.754. The van der Waals surface area contributed by atoms with Crippen LogP contribution in [-0.2, 0) is 4.74 Å². The number of ether oxygens (including phenoxy) is 1. The maximum absolute atomic E-state index is 13.8. The van der Waals surface area contributed by atoms with Crippen molar-refractivity contribution in [1.82, 2.24) is 14.9 Å². The van der Waals surface area contributed by atoms with E-state index in [0.717, 1.165) is 16.7 Å². The highest BCUT2D eigenvalue weighted by atomic mass is 19.1. The number of nitrogens with one attached hydrogen (secondary N) is 1. The summed E-state index contributed by atoms with van der Waals surface area (Å²) in [6.07, 6.45) is -0.691. The molecule has 1 amide bonds. The molecule has 0 saturated carbocycles. The minimum absolute atomic E-state index is 0.0440. The Morgan fingerprint density at radius 2 is 1.83 bits per heavy atom. The predicted octanol–water partition coefficient (Wildman–Crippen LogP) is 4.25. The number of aromatic nitrogens is 2. The standard InChI is InChI=1S/C21H21F2N3O3/c1-12(24-20(28)29-21(2,3)4)18-25-17-9-8-14(23)11-16(17)19(27)26(18)15-7-5-6-13(22)10-15/h5-12H,1-4H3,(H,24,28)/t12-/m0/s1. The third kappa shape index (κ3) is 4.59. The Labute approximate surface area is 166 Å². The van der Waals surface area contributed by atoms with Gasteiger partial charge in [-0.05, 0) is 64.1 Å². The van der Waals surface area contributed by atoms with Gasteiger partial charge in [-0.15, -0.1) is 0 Å². The van der Waals surface area contributed by atoms with Gasteiger partial charge in [0.1, 0.15) is 23.1 Å². The number of hydrogen-bond acceptors (Lipinski definition) is 4. The second kappa shape index (κ2) is 7.62. The minimum Gasteiger partial charge on any atom is -0.444 e. The molecule has 0 bridgehead atoms. The molecule has 0 fully saturated rings. The first-order valence-corrected chi connectivity index (χ1v) is 9.03. The highest BCUT2D eigenvalue weighted by Gasteiger charge is 2.23. The maximum atomic E-state index is 13.8. The van der Waals surface area contributed by atoms with Crippen LogP contribution in [0.1, 0.15) is 39.6 Å². The van der Waals surface area contributed by atoms with Gasteiger partial charge in [0.05, 0.1) is 22.6 Å². The molecule has 1 N–H and O–H groups in total. The lowest BCUT2D eigenvalue weighted by Crippen LogP contribution is -2.37. The average molecular weight is 401 g/mol. The van der Waals surface area contributed by atoms with Crippen molar-refractivity contribution in [3.63, 3.8) is 0 Å². The van der Waals surface area contributed by atoms with Crippen molar-refractivity contribution in [1.29, 1.82) is 0 Å². The van der Waals surface area contributed by atoms with Crippen molar-refractivity contribution < 1.29 is 18.3 Å². The van der Waals surface area contributed by atoms with E-state index >= 15 is 0 Å². The number of amides is 1. The summed E-state index contributed by atoms with van der Waals surface area (Å²) in [5.41, 5.74) is -0.813. The molecule has 3 aromatic rings. The van der Waals surface area contributed by atoms with Gasteiger partial charge in [0.2, 0.25) is 0 Å². The van der Waals surface area contributed by atoms with E-state index in [1.54, 1.807) is 27.7 Å². The van der Waals surface area contributed by atoms with Gasteiger partial charge in [-0.3, -0.25) is 9.36 Å². The lowest BCUT2D eigenvalue weighted by molar-refractivity contribution is 0.0505. The summed E-state index contributed by atoms with van der Waals surface area (Å²) in [4.78, 5) is 29.7. The molecule has 0 radical (unpaired) electrons. The van der Waals surface area contributed by atoms with Crippen molar-refractivity contribution in [3.8, 4) is 5.69 Å². The molecule has 0 spiro atoms. The van der Waals surface area contributed by atoms with E-state index < -0.39 is 34.9 Å². The molecule has 1 atom stereocenters. The van der Waals surface area contributed by atoms with Crippen LogP contribution in [0.25, 0.3) is 16.6 Å². The molecule has 2 aromatic carbocycles. The van der Waals surface area contributed by atoms with Crippen molar-refractivity contribution in [2.75, 3.05) is 0 Å². The van der Waals surface area contributed by atoms with Crippen LogP contribution in [0.3, 0.4) is 0 Å². The van der Waals surface area contributed by atoms with Crippen LogP contribution < -0.4 is 10.9 Å². The maximum Gasteiger partial charge on any atom is 0.408 e. The van der Waals surface area contributed by atoms with Gasteiger partial charge in [0, 0.05) is 0 Å². The molecule has 6 nitrogen and oxygen atoms in total. The smallest absolute Gasteiger partial charge is 0.408 e. The summed E-state index contributed by atoms with van der Waals surface area (Å²) >= 11 is 0. The Hall–Kier alpha value is -3.29. The van der Waals surface area contributed by atoms with Gasteiger partial charge >= 0.3 is 6.09 Å². The fraction of sp³-hybridized carbons (Fsp3) is 0.286. The fourth-order valence-electron chi connectivity index (χ4n) is 2.88. The lowest BCUT2D eigenvalue weighted by atomic mass is 10.2. The van der Waals surface area contributed by atoms with Gasteiger partial charge in [0.15, 0.2) is 0 Å². The van der Waals surface area contributed by atoms with E-state index in [2.05, 4.69) is 10.3 Å². The molecule has 29 heavy (non-hydrogen) atoms. The lowest BCUT2D eigenvalue weighted by Gasteiger charge is -2.23. The molecule has 0 saturated heterocycles. The second-order valence-electron chi connectivity index (χ2n) is 7.62. The average Bonchev–Trinajstić information content (AvgIpc) is 2.60. The third-order valence-electron chi connectivity index (χ3n) is 4.04.